The van der Waals surface area contributed by atoms with Crippen molar-refractivity contribution in [1.29, 1.82) is 0 Å². The molecule has 0 aliphatic heterocycles. The molecule has 100 valence electrons. The molecular weight excluding hydrogens is 252 g/mol. The Bertz CT molecular complexity index is 548. The third kappa shape index (κ3) is 3.46. The normalized spacial score (nSPS) is 12.3. The van der Waals surface area contributed by atoms with Crippen LogP contribution >= 0.6 is 0 Å². The van der Waals surface area contributed by atoms with Gasteiger partial charge < -0.3 is 10.0 Å². The number of nitrogens with zero attached hydrogens (tertiary/aromatic N) is 2. The lowest BCUT2D eigenvalue weighted by atomic mass is 10.0. The van der Waals surface area contributed by atoms with Gasteiger partial charge in [-0.25, -0.2) is 0 Å². The lowest BCUT2D eigenvalue weighted by molar-refractivity contribution is 0.458. The predicted molar refractivity (Wildman–Crippen MR) is 71.6 cm³/mol. The molecule has 0 saturated carbocycles. The minimum absolute atomic E-state index is 0.160. The highest BCUT2D eigenvalue weighted by molar-refractivity contribution is 7.90. The molecule has 0 heterocycles. The highest BCUT2D eigenvalue weighted by Gasteiger charge is 2.18. The van der Waals surface area contributed by atoms with Gasteiger partial charge in [0, 0.05) is 14.1 Å². The maximum atomic E-state index is 11.9. The number of aromatic hydroxyl groups is 1. The van der Waals surface area contributed by atoms with E-state index in [1.165, 1.54) is 23.4 Å². The number of phenolic OH excluding ortho intramolecular Hbond substituents is 1. The zero-order chi connectivity index (χ0) is 13.9. The monoisotopic (exact) mass is 270 g/mol. The Morgan fingerprint density at radius 3 is 2.44 bits per heavy atom. The molecule has 0 aliphatic rings. The third-order valence-corrected chi connectivity index (χ3v) is 3.60. The van der Waals surface area contributed by atoms with Gasteiger partial charge in [-0.05, 0) is 23.6 Å². The van der Waals surface area contributed by atoms with Crippen LogP contribution in [0.4, 0.5) is 0 Å². The standard InChI is InChI=1S/C12H18N2O3S/c1-9(2)10-5-6-11(15)12(7-10)18(16,17)13-8-14(3)4/h5-9,15H,1-4H3/b13-8+. The topological polar surface area (TPSA) is 70.0 Å². The molecule has 0 aliphatic carbocycles. The van der Waals surface area contributed by atoms with Gasteiger partial charge in [0.25, 0.3) is 10.0 Å². The second-order valence-corrected chi connectivity index (χ2v) is 6.14. The summed E-state index contributed by atoms with van der Waals surface area (Å²) in [6.07, 6.45) is 1.19. The summed E-state index contributed by atoms with van der Waals surface area (Å²) in [5.74, 6) is -0.104. The summed E-state index contributed by atoms with van der Waals surface area (Å²) in [5, 5.41) is 9.65. The summed E-state index contributed by atoms with van der Waals surface area (Å²) in [6, 6.07) is 4.55. The molecule has 6 heteroatoms. The molecule has 0 amide bonds. The van der Waals surface area contributed by atoms with Crippen LogP contribution in [-0.4, -0.2) is 38.9 Å². The molecule has 0 spiro atoms. The van der Waals surface area contributed by atoms with Crippen molar-refractivity contribution in [3.05, 3.63) is 23.8 Å². The lowest BCUT2D eigenvalue weighted by Crippen LogP contribution is -2.10. The van der Waals surface area contributed by atoms with Gasteiger partial charge in [-0.1, -0.05) is 19.9 Å². The van der Waals surface area contributed by atoms with E-state index in [-0.39, 0.29) is 16.6 Å². The smallest absolute Gasteiger partial charge is 0.287 e. The van der Waals surface area contributed by atoms with Crippen LogP contribution in [0.15, 0.2) is 27.5 Å². The number of phenols is 1. The number of hydrogen-bond acceptors (Lipinski definition) is 3. The van der Waals surface area contributed by atoms with Gasteiger partial charge in [0.05, 0.1) is 0 Å². The molecule has 0 unspecified atom stereocenters. The van der Waals surface area contributed by atoms with Gasteiger partial charge in [-0.3, -0.25) is 0 Å². The van der Waals surface area contributed by atoms with Crippen LogP contribution in [0.2, 0.25) is 0 Å². The molecule has 1 rings (SSSR count). The molecule has 18 heavy (non-hydrogen) atoms. The largest absolute Gasteiger partial charge is 0.507 e. The number of sulfonamides is 1. The van der Waals surface area contributed by atoms with E-state index in [0.29, 0.717) is 0 Å². The molecule has 1 aromatic carbocycles. The van der Waals surface area contributed by atoms with Crippen molar-refractivity contribution in [3.8, 4) is 5.75 Å². The second kappa shape index (κ2) is 5.39. The van der Waals surface area contributed by atoms with E-state index in [0.717, 1.165) is 5.56 Å². The molecule has 1 aromatic rings. The summed E-state index contributed by atoms with van der Waals surface area (Å²) in [5.41, 5.74) is 0.839. The number of hydrogen-bond donors (Lipinski definition) is 1. The van der Waals surface area contributed by atoms with E-state index in [1.807, 2.05) is 13.8 Å². The quantitative estimate of drug-likeness (QED) is 0.669. The zero-order valence-electron chi connectivity index (χ0n) is 11.0. The Morgan fingerprint density at radius 1 is 1.33 bits per heavy atom. The van der Waals surface area contributed by atoms with E-state index in [2.05, 4.69) is 4.40 Å². The van der Waals surface area contributed by atoms with Crippen LogP contribution in [0.3, 0.4) is 0 Å². The van der Waals surface area contributed by atoms with Crippen LogP contribution in [0, 0.1) is 0 Å². The van der Waals surface area contributed by atoms with E-state index >= 15 is 0 Å². The summed E-state index contributed by atoms with van der Waals surface area (Å²) < 4.78 is 27.4. The van der Waals surface area contributed by atoms with Crippen molar-refractivity contribution in [2.24, 2.45) is 4.40 Å². The minimum Gasteiger partial charge on any atom is -0.507 e. The third-order valence-electron chi connectivity index (χ3n) is 2.35. The van der Waals surface area contributed by atoms with Crippen molar-refractivity contribution in [3.63, 3.8) is 0 Å². The molecule has 0 saturated heterocycles. The lowest BCUT2D eigenvalue weighted by Gasteiger charge is -2.09. The van der Waals surface area contributed by atoms with Gasteiger partial charge in [0.15, 0.2) is 0 Å². The zero-order valence-corrected chi connectivity index (χ0v) is 11.8. The molecule has 0 radical (unpaired) electrons. The van der Waals surface area contributed by atoms with Crippen LogP contribution in [0.25, 0.3) is 0 Å². The average Bonchev–Trinajstić information content (AvgIpc) is 2.26. The Morgan fingerprint density at radius 2 is 1.94 bits per heavy atom. The van der Waals surface area contributed by atoms with Crippen molar-refractivity contribution in [1.82, 2.24) is 4.90 Å². The first kappa shape index (κ1) is 14.5. The highest BCUT2D eigenvalue weighted by Crippen LogP contribution is 2.28. The van der Waals surface area contributed by atoms with Crippen LogP contribution in [0.5, 0.6) is 5.75 Å². The minimum atomic E-state index is -3.86. The molecular formula is C12H18N2O3S. The van der Waals surface area contributed by atoms with E-state index < -0.39 is 10.0 Å². The Labute approximate surface area is 108 Å². The highest BCUT2D eigenvalue weighted by atomic mass is 32.2. The van der Waals surface area contributed by atoms with Crippen LogP contribution < -0.4 is 0 Å². The van der Waals surface area contributed by atoms with E-state index in [9.17, 15) is 13.5 Å². The molecule has 0 aromatic heterocycles. The molecule has 0 atom stereocenters. The Balaban J connectivity index is 3.27. The predicted octanol–water partition coefficient (Wildman–Crippen LogP) is 1.79. The summed E-state index contributed by atoms with van der Waals surface area (Å²) in [6.45, 7) is 3.90. The van der Waals surface area contributed by atoms with Crippen molar-refractivity contribution < 1.29 is 13.5 Å². The maximum absolute atomic E-state index is 11.9. The fourth-order valence-electron chi connectivity index (χ4n) is 1.31. The van der Waals surface area contributed by atoms with Crippen molar-refractivity contribution in [2.45, 2.75) is 24.7 Å². The van der Waals surface area contributed by atoms with Crippen LogP contribution in [-0.2, 0) is 10.0 Å². The average molecular weight is 270 g/mol. The Kier molecular flexibility index (Phi) is 4.34. The van der Waals surface area contributed by atoms with Crippen molar-refractivity contribution in [2.75, 3.05) is 14.1 Å². The first-order chi connectivity index (χ1) is 8.24. The fraction of sp³-hybridized carbons (Fsp3) is 0.417. The fourth-order valence-corrected chi connectivity index (χ4v) is 2.35. The summed E-state index contributed by atoms with van der Waals surface area (Å²) in [4.78, 5) is 1.35. The molecule has 0 fully saturated rings. The molecule has 5 nitrogen and oxygen atoms in total. The second-order valence-electron chi connectivity index (χ2n) is 4.54. The van der Waals surface area contributed by atoms with E-state index in [4.69, 9.17) is 0 Å². The molecule has 1 N–H and O–H groups in total. The van der Waals surface area contributed by atoms with Crippen molar-refractivity contribution >= 4 is 16.4 Å². The van der Waals surface area contributed by atoms with Gasteiger partial charge in [0.1, 0.15) is 17.0 Å². The first-order valence-electron chi connectivity index (χ1n) is 5.54. The first-order valence-corrected chi connectivity index (χ1v) is 6.98. The summed E-state index contributed by atoms with van der Waals surface area (Å²) >= 11 is 0. The van der Waals surface area contributed by atoms with Crippen LogP contribution in [0.1, 0.15) is 25.3 Å². The van der Waals surface area contributed by atoms with Gasteiger partial charge in [0.2, 0.25) is 0 Å². The van der Waals surface area contributed by atoms with Gasteiger partial charge in [-0.15, -0.1) is 4.40 Å². The Hall–Kier alpha value is -1.56. The van der Waals surface area contributed by atoms with Gasteiger partial charge in [-0.2, -0.15) is 8.42 Å². The molecule has 0 bridgehead atoms. The number of benzene rings is 1. The summed E-state index contributed by atoms with van der Waals surface area (Å²) in [7, 11) is -0.524. The van der Waals surface area contributed by atoms with Gasteiger partial charge >= 0.3 is 0 Å². The number of rotatable bonds is 4. The SMILES string of the molecule is CC(C)c1ccc(O)c(S(=O)(=O)/N=C/N(C)C)c1. The maximum Gasteiger partial charge on any atom is 0.287 e. The van der Waals surface area contributed by atoms with E-state index in [1.54, 1.807) is 20.2 Å².